The minimum atomic E-state index is -4.47. The molecule has 2 N–H and O–H groups in total. The molecule has 7 nitrogen and oxygen atoms in total. The number of rotatable bonds is 6. The highest BCUT2D eigenvalue weighted by Crippen LogP contribution is 2.27. The van der Waals surface area contributed by atoms with E-state index in [0.717, 1.165) is 44.3 Å². The second-order valence-electron chi connectivity index (χ2n) is 7.27. The molecule has 156 valence electrons. The lowest BCUT2D eigenvalue weighted by molar-refractivity contribution is -0.141. The van der Waals surface area contributed by atoms with Gasteiger partial charge in [-0.25, -0.2) is 9.97 Å². The largest absolute Gasteiger partial charge is 0.433 e. The fourth-order valence-corrected chi connectivity index (χ4v) is 3.79. The molecule has 3 heterocycles. The van der Waals surface area contributed by atoms with Gasteiger partial charge in [0.15, 0.2) is 5.96 Å². The van der Waals surface area contributed by atoms with Crippen molar-refractivity contribution in [3.63, 3.8) is 0 Å². The quantitative estimate of drug-likeness (QED) is 0.433. The van der Waals surface area contributed by atoms with Crippen LogP contribution >= 0.6 is 0 Å². The van der Waals surface area contributed by atoms with Crippen LogP contribution in [0, 0.1) is 5.92 Å². The van der Waals surface area contributed by atoms with E-state index in [1.807, 2.05) is 0 Å². The normalized spacial score (nSPS) is 21.4. The van der Waals surface area contributed by atoms with Crippen molar-refractivity contribution in [2.45, 2.75) is 25.4 Å². The topological polar surface area (TPSA) is 68.7 Å². The van der Waals surface area contributed by atoms with Gasteiger partial charge < -0.3 is 20.4 Å². The van der Waals surface area contributed by atoms with Gasteiger partial charge in [0.2, 0.25) is 5.95 Å². The minimum Gasteiger partial charge on any atom is -0.354 e. The molecule has 2 aliphatic rings. The van der Waals surface area contributed by atoms with Gasteiger partial charge in [-0.15, -0.1) is 0 Å². The monoisotopic (exact) mass is 399 g/mol. The summed E-state index contributed by atoms with van der Waals surface area (Å²) in [5.41, 5.74) is -0.949. The average molecular weight is 399 g/mol. The highest BCUT2D eigenvalue weighted by Gasteiger charge is 2.32. The Labute approximate surface area is 163 Å². The first-order valence-corrected chi connectivity index (χ1v) is 9.78. The number of halogens is 3. The Kier molecular flexibility index (Phi) is 6.93. The number of guanidine groups is 1. The zero-order valence-electron chi connectivity index (χ0n) is 16.2. The molecule has 2 fully saturated rings. The van der Waals surface area contributed by atoms with E-state index in [2.05, 4.69) is 35.4 Å². The predicted molar refractivity (Wildman–Crippen MR) is 102 cm³/mol. The van der Waals surface area contributed by atoms with Gasteiger partial charge in [-0.3, -0.25) is 4.99 Å². The number of nitrogens with one attached hydrogen (secondary N) is 2. The van der Waals surface area contributed by atoms with Gasteiger partial charge in [0.25, 0.3) is 0 Å². The van der Waals surface area contributed by atoms with Gasteiger partial charge in [0.1, 0.15) is 5.69 Å². The maximum atomic E-state index is 12.7. The maximum absolute atomic E-state index is 12.7. The SMILES string of the molecule is CN=C(NCCNc1nccc(C(F)(F)F)n1)N1CCC(CN2CCCC2)C1. The van der Waals surface area contributed by atoms with Crippen LogP contribution in [-0.2, 0) is 6.18 Å². The molecule has 28 heavy (non-hydrogen) atoms. The molecular formula is C18H28F3N7. The summed E-state index contributed by atoms with van der Waals surface area (Å²) in [5, 5.41) is 6.08. The molecule has 1 atom stereocenters. The first-order valence-electron chi connectivity index (χ1n) is 9.78. The van der Waals surface area contributed by atoms with Crippen LogP contribution in [0.2, 0.25) is 0 Å². The fourth-order valence-electron chi connectivity index (χ4n) is 3.79. The van der Waals surface area contributed by atoms with E-state index in [-0.39, 0.29) is 5.95 Å². The van der Waals surface area contributed by atoms with E-state index in [4.69, 9.17) is 0 Å². The summed E-state index contributed by atoms with van der Waals surface area (Å²) >= 11 is 0. The van der Waals surface area contributed by atoms with Crippen LogP contribution in [0.5, 0.6) is 0 Å². The molecule has 0 aliphatic carbocycles. The van der Waals surface area contributed by atoms with Crippen LogP contribution in [0.1, 0.15) is 25.0 Å². The summed E-state index contributed by atoms with van der Waals surface area (Å²) in [4.78, 5) is 16.5. The molecular weight excluding hydrogens is 371 g/mol. The molecule has 0 bridgehead atoms. The van der Waals surface area contributed by atoms with Gasteiger partial charge in [0, 0.05) is 46.0 Å². The van der Waals surface area contributed by atoms with Gasteiger partial charge >= 0.3 is 6.18 Å². The van der Waals surface area contributed by atoms with Gasteiger partial charge in [-0.2, -0.15) is 13.2 Å². The predicted octanol–water partition coefficient (Wildman–Crippen LogP) is 1.90. The van der Waals surface area contributed by atoms with Crippen LogP contribution in [0.25, 0.3) is 0 Å². The molecule has 10 heteroatoms. The van der Waals surface area contributed by atoms with E-state index < -0.39 is 11.9 Å². The third kappa shape index (κ3) is 5.70. The van der Waals surface area contributed by atoms with Gasteiger partial charge in [0.05, 0.1) is 0 Å². The summed E-state index contributed by atoms with van der Waals surface area (Å²) in [7, 11) is 1.75. The number of alkyl halides is 3. The Balaban J connectivity index is 1.40. The molecule has 1 aromatic rings. The van der Waals surface area contributed by atoms with Crippen LogP contribution in [0.4, 0.5) is 19.1 Å². The summed E-state index contributed by atoms with van der Waals surface area (Å²) in [6.07, 6.45) is 0.411. The Morgan fingerprint density at radius 2 is 2.04 bits per heavy atom. The molecule has 0 spiro atoms. The first-order chi connectivity index (χ1) is 13.5. The van der Waals surface area contributed by atoms with Gasteiger partial charge in [-0.05, 0) is 44.3 Å². The third-order valence-electron chi connectivity index (χ3n) is 5.15. The molecule has 2 aliphatic heterocycles. The number of aromatic nitrogens is 2. The maximum Gasteiger partial charge on any atom is 0.433 e. The van der Waals surface area contributed by atoms with Crippen molar-refractivity contribution in [2.75, 3.05) is 58.2 Å². The Bertz CT molecular complexity index is 659. The molecule has 1 aromatic heterocycles. The van der Waals surface area contributed by atoms with Crippen molar-refractivity contribution >= 4 is 11.9 Å². The molecule has 2 saturated heterocycles. The fraction of sp³-hybridized carbons (Fsp3) is 0.722. The first kappa shape index (κ1) is 20.6. The lowest BCUT2D eigenvalue weighted by Gasteiger charge is -2.23. The molecule has 0 aromatic carbocycles. The molecule has 1 unspecified atom stereocenters. The second-order valence-corrected chi connectivity index (χ2v) is 7.27. The van der Waals surface area contributed by atoms with Crippen LogP contribution in [-0.4, -0.2) is 78.6 Å². The lowest BCUT2D eigenvalue weighted by atomic mass is 10.1. The smallest absolute Gasteiger partial charge is 0.354 e. The van der Waals surface area contributed by atoms with Crippen molar-refractivity contribution in [3.05, 3.63) is 18.0 Å². The highest BCUT2D eigenvalue weighted by molar-refractivity contribution is 5.80. The second kappa shape index (κ2) is 9.40. The van der Waals surface area contributed by atoms with E-state index in [1.165, 1.54) is 25.9 Å². The number of aliphatic imine (C=N–C) groups is 1. The van der Waals surface area contributed by atoms with Gasteiger partial charge in [-0.1, -0.05) is 0 Å². The van der Waals surface area contributed by atoms with Crippen LogP contribution in [0.15, 0.2) is 17.3 Å². The molecule has 0 amide bonds. The standard InChI is InChI=1S/C18H28F3N7/c1-22-17(28-11-5-14(13-28)12-27-9-2-3-10-27)25-8-7-24-16-23-6-4-15(26-16)18(19,20)21/h4,6,14H,2-3,5,7-13H2,1H3,(H,22,25)(H,23,24,26). The number of anilines is 1. The zero-order chi connectivity index (χ0) is 20.0. The Morgan fingerprint density at radius 3 is 2.75 bits per heavy atom. The van der Waals surface area contributed by atoms with Crippen LogP contribution in [0.3, 0.4) is 0 Å². The average Bonchev–Trinajstić information content (AvgIpc) is 3.34. The van der Waals surface area contributed by atoms with Crippen molar-refractivity contribution < 1.29 is 13.2 Å². The van der Waals surface area contributed by atoms with E-state index in [1.54, 1.807) is 7.05 Å². The van der Waals surface area contributed by atoms with Crippen molar-refractivity contribution in [1.82, 2.24) is 25.1 Å². The lowest BCUT2D eigenvalue weighted by Crippen LogP contribution is -2.42. The molecule has 0 saturated carbocycles. The number of likely N-dealkylation sites (tertiary alicyclic amines) is 2. The summed E-state index contributed by atoms with van der Waals surface area (Å²) in [6, 6.07) is 0.858. The Morgan fingerprint density at radius 1 is 1.25 bits per heavy atom. The number of hydrogen-bond donors (Lipinski definition) is 2. The summed E-state index contributed by atoms with van der Waals surface area (Å²) in [6.45, 7) is 6.45. The van der Waals surface area contributed by atoms with E-state index in [0.29, 0.717) is 19.0 Å². The molecule has 3 rings (SSSR count). The van der Waals surface area contributed by atoms with Crippen molar-refractivity contribution in [3.8, 4) is 0 Å². The number of nitrogens with zero attached hydrogens (tertiary/aromatic N) is 5. The minimum absolute atomic E-state index is 0.0292. The third-order valence-corrected chi connectivity index (χ3v) is 5.15. The highest BCUT2D eigenvalue weighted by atomic mass is 19.4. The number of hydrogen-bond acceptors (Lipinski definition) is 5. The Hall–Kier alpha value is -2.10. The summed E-state index contributed by atoms with van der Waals surface area (Å²) < 4.78 is 38.1. The van der Waals surface area contributed by atoms with E-state index in [9.17, 15) is 13.2 Å². The van der Waals surface area contributed by atoms with Crippen molar-refractivity contribution in [1.29, 1.82) is 0 Å². The van der Waals surface area contributed by atoms with Crippen LogP contribution < -0.4 is 10.6 Å². The zero-order valence-corrected chi connectivity index (χ0v) is 16.2. The molecule has 0 radical (unpaired) electrons. The van der Waals surface area contributed by atoms with E-state index >= 15 is 0 Å². The summed E-state index contributed by atoms with van der Waals surface area (Å²) in [5.74, 6) is 1.46. The van der Waals surface area contributed by atoms with Crippen molar-refractivity contribution in [2.24, 2.45) is 10.9 Å².